The molecule has 1 unspecified atom stereocenters. The quantitative estimate of drug-likeness (QED) is 0.744. The van der Waals surface area contributed by atoms with Crippen molar-refractivity contribution < 1.29 is 23.8 Å². The first-order valence-electron chi connectivity index (χ1n) is 5.56. The number of methoxy groups -OCH3 is 1. The van der Waals surface area contributed by atoms with E-state index in [1.54, 1.807) is 20.8 Å². The lowest BCUT2D eigenvalue weighted by Crippen LogP contribution is -2.35. The molecule has 0 spiro atoms. The molecule has 102 valence electrons. The van der Waals surface area contributed by atoms with E-state index in [-0.39, 0.29) is 19.0 Å². The summed E-state index contributed by atoms with van der Waals surface area (Å²) in [7, 11) is 1.29. The maximum atomic E-state index is 11.4. The second-order valence-corrected chi connectivity index (χ2v) is 4.73. The van der Waals surface area contributed by atoms with Gasteiger partial charge in [0.2, 0.25) is 5.90 Å². The summed E-state index contributed by atoms with van der Waals surface area (Å²) in [6.45, 7) is 5.52. The Morgan fingerprint density at radius 3 is 2.72 bits per heavy atom. The maximum Gasteiger partial charge on any atom is 0.408 e. The number of esters is 1. The van der Waals surface area contributed by atoms with Crippen molar-refractivity contribution in [3.8, 4) is 0 Å². The van der Waals surface area contributed by atoms with Gasteiger partial charge in [-0.05, 0) is 20.8 Å². The molecule has 0 saturated carbocycles. The van der Waals surface area contributed by atoms with Crippen LogP contribution in [-0.4, -0.2) is 49.9 Å². The number of nitrogens with one attached hydrogen (secondary N) is 1. The topological polar surface area (TPSA) is 86.2 Å². The number of aliphatic imine (C=N–C) groups is 1. The number of alkyl carbamates (subject to hydrolysis) is 1. The zero-order valence-corrected chi connectivity index (χ0v) is 11.0. The van der Waals surface area contributed by atoms with Crippen LogP contribution in [0.4, 0.5) is 4.79 Å². The Bertz CT molecular complexity index is 359. The molecule has 1 heterocycles. The minimum atomic E-state index is -0.648. The van der Waals surface area contributed by atoms with Gasteiger partial charge in [0.05, 0.1) is 13.7 Å². The third-order valence-electron chi connectivity index (χ3n) is 1.96. The van der Waals surface area contributed by atoms with Crippen molar-refractivity contribution in [2.24, 2.45) is 4.99 Å². The minimum absolute atomic E-state index is 0.0857. The zero-order valence-electron chi connectivity index (χ0n) is 11.0. The molecule has 1 atom stereocenters. The molecular formula is C11H18N2O5. The summed E-state index contributed by atoms with van der Waals surface area (Å²) in [6.07, 6.45) is -0.560. The van der Waals surface area contributed by atoms with E-state index in [9.17, 15) is 9.59 Å². The van der Waals surface area contributed by atoms with Crippen molar-refractivity contribution in [1.29, 1.82) is 0 Å². The molecule has 1 N–H and O–H groups in total. The Labute approximate surface area is 105 Å². The van der Waals surface area contributed by atoms with Gasteiger partial charge in [-0.1, -0.05) is 0 Å². The van der Waals surface area contributed by atoms with E-state index in [1.807, 2.05) is 0 Å². The summed E-state index contributed by atoms with van der Waals surface area (Å²) in [5.41, 5.74) is -0.559. The van der Waals surface area contributed by atoms with Gasteiger partial charge in [-0.3, -0.25) is 0 Å². The van der Waals surface area contributed by atoms with Crippen LogP contribution in [0.1, 0.15) is 20.8 Å². The van der Waals surface area contributed by atoms with E-state index >= 15 is 0 Å². The van der Waals surface area contributed by atoms with Crippen LogP contribution in [0.5, 0.6) is 0 Å². The molecule has 0 fully saturated rings. The Balaban J connectivity index is 2.37. The first kappa shape index (κ1) is 14.3. The largest absolute Gasteiger partial charge is 0.477 e. The summed E-state index contributed by atoms with van der Waals surface area (Å²) in [6, 6.07) is -0.648. The van der Waals surface area contributed by atoms with E-state index in [1.165, 1.54) is 7.11 Å². The van der Waals surface area contributed by atoms with Gasteiger partial charge in [0.1, 0.15) is 12.2 Å². The lowest BCUT2D eigenvalue weighted by molar-refractivity contribution is -0.142. The van der Waals surface area contributed by atoms with Gasteiger partial charge in [0.25, 0.3) is 0 Å². The van der Waals surface area contributed by atoms with Crippen LogP contribution in [0.25, 0.3) is 0 Å². The normalized spacial score (nSPS) is 18.7. The van der Waals surface area contributed by atoms with Crippen LogP contribution in [0.15, 0.2) is 4.99 Å². The molecule has 1 aliphatic heterocycles. The maximum absolute atomic E-state index is 11.4. The second kappa shape index (κ2) is 5.70. The SMILES string of the molecule is COC(=O)C1COC(CNC(=O)OC(C)(C)C)=N1. The molecule has 1 aliphatic rings. The summed E-state index contributed by atoms with van der Waals surface area (Å²) in [5.74, 6) is -0.168. The number of rotatable bonds is 3. The average Bonchev–Trinajstić information content (AvgIpc) is 2.71. The molecule has 7 heteroatoms. The molecule has 18 heavy (non-hydrogen) atoms. The predicted octanol–water partition coefficient (Wildman–Crippen LogP) is 0.481. The smallest absolute Gasteiger partial charge is 0.408 e. The highest BCUT2D eigenvalue weighted by molar-refractivity contribution is 5.88. The molecule has 0 aliphatic carbocycles. The van der Waals surface area contributed by atoms with E-state index in [4.69, 9.17) is 9.47 Å². The molecule has 0 aromatic heterocycles. The van der Waals surface area contributed by atoms with Crippen molar-refractivity contribution in [2.75, 3.05) is 20.3 Å². The van der Waals surface area contributed by atoms with Gasteiger partial charge in [-0.25, -0.2) is 14.6 Å². The standard InChI is InChI=1S/C11H18N2O5/c1-11(2,3)18-10(15)12-5-8-13-7(6-17-8)9(14)16-4/h7H,5-6H2,1-4H3,(H,12,15). The van der Waals surface area contributed by atoms with Crippen molar-refractivity contribution >= 4 is 18.0 Å². The van der Waals surface area contributed by atoms with Crippen molar-refractivity contribution in [3.63, 3.8) is 0 Å². The number of hydrogen-bond donors (Lipinski definition) is 1. The van der Waals surface area contributed by atoms with Gasteiger partial charge in [-0.15, -0.1) is 0 Å². The summed E-state index contributed by atoms with van der Waals surface area (Å²) >= 11 is 0. The first-order chi connectivity index (χ1) is 8.31. The van der Waals surface area contributed by atoms with Gasteiger partial charge in [-0.2, -0.15) is 0 Å². The molecule has 0 aromatic carbocycles. The highest BCUT2D eigenvalue weighted by Gasteiger charge is 2.26. The van der Waals surface area contributed by atoms with Gasteiger partial charge >= 0.3 is 12.1 Å². The fourth-order valence-electron chi connectivity index (χ4n) is 1.24. The van der Waals surface area contributed by atoms with Gasteiger partial charge < -0.3 is 19.5 Å². The lowest BCUT2D eigenvalue weighted by atomic mass is 10.2. The number of hydrogen-bond acceptors (Lipinski definition) is 6. The number of ether oxygens (including phenoxy) is 3. The van der Waals surface area contributed by atoms with Crippen LogP contribution in [-0.2, 0) is 19.0 Å². The Kier molecular flexibility index (Phi) is 4.52. The van der Waals surface area contributed by atoms with Crippen molar-refractivity contribution in [3.05, 3.63) is 0 Å². The highest BCUT2D eigenvalue weighted by Crippen LogP contribution is 2.08. The molecule has 0 aromatic rings. The molecule has 1 amide bonds. The first-order valence-corrected chi connectivity index (χ1v) is 5.56. The molecule has 0 saturated heterocycles. The molecule has 7 nitrogen and oxygen atoms in total. The highest BCUT2D eigenvalue weighted by atomic mass is 16.6. The van der Waals surface area contributed by atoms with Crippen LogP contribution >= 0.6 is 0 Å². The van der Waals surface area contributed by atoms with E-state index in [2.05, 4.69) is 15.0 Å². The third-order valence-corrected chi connectivity index (χ3v) is 1.96. The van der Waals surface area contributed by atoms with Crippen molar-refractivity contribution in [1.82, 2.24) is 5.32 Å². The fraction of sp³-hybridized carbons (Fsp3) is 0.727. The Morgan fingerprint density at radius 2 is 2.17 bits per heavy atom. The lowest BCUT2D eigenvalue weighted by Gasteiger charge is -2.19. The zero-order chi connectivity index (χ0) is 13.8. The Morgan fingerprint density at radius 1 is 1.50 bits per heavy atom. The number of carbonyl (C=O) groups excluding carboxylic acids is 2. The van der Waals surface area contributed by atoms with Gasteiger partial charge in [0.15, 0.2) is 6.04 Å². The van der Waals surface area contributed by atoms with Crippen LogP contribution in [0, 0.1) is 0 Å². The molecule has 0 radical (unpaired) electrons. The number of carbonyl (C=O) groups is 2. The predicted molar refractivity (Wildman–Crippen MR) is 63.4 cm³/mol. The monoisotopic (exact) mass is 258 g/mol. The van der Waals surface area contributed by atoms with Crippen molar-refractivity contribution in [2.45, 2.75) is 32.4 Å². The third kappa shape index (κ3) is 4.60. The van der Waals surface area contributed by atoms with Crippen LogP contribution in [0.2, 0.25) is 0 Å². The molecule has 0 bridgehead atoms. The average molecular weight is 258 g/mol. The fourth-order valence-corrected chi connectivity index (χ4v) is 1.24. The van der Waals surface area contributed by atoms with Crippen LogP contribution < -0.4 is 5.32 Å². The van der Waals surface area contributed by atoms with Gasteiger partial charge in [0, 0.05) is 0 Å². The van der Waals surface area contributed by atoms with Crippen LogP contribution in [0.3, 0.4) is 0 Å². The molecule has 1 rings (SSSR count). The minimum Gasteiger partial charge on any atom is -0.477 e. The summed E-state index contributed by atoms with van der Waals surface area (Å²) < 4.78 is 14.7. The summed E-state index contributed by atoms with van der Waals surface area (Å²) in [4.78, 5) is 26.5. The Hall–Kier alpha value is -1.79. The van der Waals surface area contributed by atoms with E-state index in [0.717, 1.165) is 0 Å². The molecular weight excluding hydrogens is 240 g/mol. The number of amides is 1. The van der Waals surface area contributed by atoms with E-state index < -0.39 is 23.7 Å². The van der Waals surface area contributed by atoms with E-state index in [0.29, 0.717) is 0 Å². The summed E-state index contributed by atoms with van der Waals surface area (Å²) in [5, 5.41) is 2.49. The second-order valence-electron chi connectivity index (χ2n) is 4.73. The number of nitrogens with zero attached hydrogens (tertiary/aromatic N) is 1.